The first-order valence-corrected chi connectivity index (χ1v) is 4.76. The van der Waals surface area contributed by atoms with Gasteiger partial charge in [-0.1, -0.05) is 12.2 Å². The molecular weight excluding hydrogens is 155 g/mol. The molecule has 12 heavy (non-hydrogen) atoms. The Morgan fingerprint density at radius 2 is 2.08 bits per heavy atom. The van der Waals surface area contributed by atoms with Crippen LogP contribution in [0.1, 0.15) is 32.1 Å². The highest BCUT2D eigenvalue weighted by Gasteiger charge is 2.08. The molecule has 0 spiro atoms. The first-order valence-electron chi connectivity index (χ1n) is 4.76. The number of alkyl halides is 1. The molecule has 1 aliphatic rings. The number of allylic oxidation sites excluding steroid dienone is 2. The Balaban J connectivity index is 2.18. The van der Waals surface area contributed by atoms with E-state index >= 15 is 0 Å². The Hall–Kier alpha value is -0.370. The lowest BCUT2D eigenvalue weighted by Gasteiger charge is -2.17. The fourth-order valence-electron chi connectivity index (χ4n) is 1.50. The molecule has 0 aromatic rings. The molecule has 0 aromatic carbocycles. The third-order valence-electron chi connectivity index (χ3n) is 2.15. The number of hydrogen-bond donors (Lipinski definition) is 0. The number of ether oxygens (including phenoxy) is 1. The SMILES string of the molecule is FCCO[C@H]1CCC=CCCC1. The smallest absolute Gasteiger partial charge is 0.113 e. The van der Waals surface area contributed by atoms with Gasteiger partial charge in [0.25, 0.3) is 0 Å². The maximum Gasteiger partial charge on any atom is 0.113 e. The minimum absolute atomic E-state index is 0.272. The van der Waals surface area contributed by atoms with Gasteiger partial charge in [0.05, 0.1) is 12.7 Å². The predicted octanol–water partition coefficient (Wildman–Crippen LogP) is 2.86. The molecule has 0 aliphatic heterocycles. The van der Waals surface area contributed by atoms with Crippen molar-refractivity contribution >= 4 is 0 Å². The van der Waals surface area contributed by atoms with Crippen LogP contribution >= 0.6 is 0 Å². The average molecular weight is 172 g/mol. The van der Waals surface area contributed by atoms with Crippen molar-refractivity contribution in [1.29, 1.82) is 0 Å². The van der Waals surface area contributed by atoms with Gasteiger partial charge in [0.15, 0.2) is 0 Å². The summed E-state index contributed by atoms with van der Waals surface area (Å²) < 4.78 is 17.1. The van der Waals surface area contributed by atoms with Crippen molar-refractivity contribution in [2.45, 2.75) is 38.2 Å². The minimum atomic E-state index is -0.355. The van der Waals surface area contributed by atoms with Crippen LogP contribution in [-0.2, 0) is 4.74 Å². The van der Waals surface area contributed by atoms with Gasteiger partial charge in [0.1, 0.15) is 6.67 Å². The van der Waals surface area contributed by atoms with Gasteiger partial charge in [-0.05, 0) is 32.1 Å². The van der Waals surface area contributed by atoms with Crippen LogP contribution in [0.3, 0.4) is 0 Å². The van der Waals surface area contributed by atoms with Crippen LogP contribution in [0, 0.1) is 0 Å². The van der Waals surface area contributed by atoms with Crippen molar-refractivity contribution in [3.8, 4) is 0 Å². The van der Waals surface area contributed by atoms with E-state index < -0.39 is 0 Å². The van der Waals surface area contributed by atoms with Crippen molar-refractivity contribution in [2.24, 2.45) is 0 Å². The first kappa shape index (κ1) is 9.72. The summed E-state index contributed by atoms with van der Waals surface area (Å²) in [7, 11) is 0. The van der Waals surface area contributed by atoms with Crippen molar-refractivity contribution in [3.63, 3.8) is 0 Å². The molecule has 1 rings (SSSR count). The zero-order valence-corrected chi connectivity index (χ0v) is 7.47. The summed E-state index contributed by atoms with van der Waals surface area (Å²) in [6.07, 6.45) is 10.3. The van der Waals surface area contributed by atoms with Gasteiger partial charge in [-0.2, -0.15) is 0 Å². The molecule has 0 radical (unpaired) electrons. The number of hydrogen-bond acceptors (Lipinski definition) is 1. The number of halogens is 1. The van der Waals surface area contributed by atoms with Crippen molar-refractivity contribution in [2.75, 3.05) is 13.3 Å². The standard InChI is InChI=1S/C10H17FO/c11-8-9-12-10-6-4-2-1-3-5-7-10/h1-2,10H,3-9H2/t10-/m0/s1. The highest BCUT2D eigenvalue weighted by molar-refractivity contribution is 4.85. The van der Waals surface area contributed by atoms with Gasteiger partial charge in [-0.25, -0.2) is 4.39 Å². The second kappa shape index (κ2) is 6.18. The van der Waals surface area contributed by atoms with Crippen LogP contribution in [0.25, 0.3) is 0 Å². The Morgan fingerprint density at radius 3 is 2.92 bits per heavy atom. The second-order valence-corrected chi connectivity index (χ2v) is 3.16. The van der Waals surface area contributed by atoms with E-state index in [4.69, 9.17) is 4.74 Å². The molecule has 1 aliphatic carbocycles. The lowest BCUT2D eigenvalue weighted by molar-refractivity contribution is 0.0326. The topological polar surface area (TPSA) is 9.23 Å². The van der Waals surface area contributed by atoms with Gasteiger partial charge >= 0.3 is 0 Å². The highest BCUT2D eigenvalue weighted by atomic mass is 19.1. The molecule has 0 aromatic heterocycles. The molecule has 0 bridgehead atoms. The lowest BCUT2D eigenvalue weighted by Crippen LogP contribution is -2.15. The fourth-order valence-corrected chi connectivity index (χ4v) is 1.50. The monoisotopic (exact) mass is 172 g/mol. The molecule has 0 saturated heterocycles. The Bertz CT molecular complexity index is 134. The zero-order valence-electron chi connectivity index (χ0n) is 7.47. The van der Waals surface area contributed by atoms with Crippen molar-refractivity contribution < 1.29 is 9.13 Å². The Kier molecular flexibility index (Phi) is 5.00. The molecular formula is C10H17FO. The van der Waals surface area contributed by atoms with Gasteiger partial charge in [-0.15, -0.1) is 0 Å². The van der Waals surface area contributed by atoms with Crippen LogP contribution in [0.15, 0.2) is 12.2 Å². The van der Waals surface area contributed by atoms with Crippen molar-refractivity contribution in [1.82, 2.24) is 0 Å². The molecule has 0 saturated carbocycles. The summed E-state index contributed by atoms with van der Waals surface area (Å²) in [6, 6.07) is 0. The lowest BCUT2D eigenvalue weighted by atomic mass is 10.0. The second-order valence-electron chi connectivity index (χ2n) is 3.16. The van der Waals surface area contributed by atoms with E-state index in [-0.39, 0.29) is 13.3 Å². The van der Waals surface area contributed by atoms with E-state index in [1.54, 1.807) is 0 Å². The largest absolute Gasteiger partial charge is 0.375 e. The van der Waals surface area contributed by atoms with Crippen LogP contribution < -0.4 is 0 Å². The summed E-state index contributed by atoms with van der Waals surface area (Å²) in [4.78, 5) is 0. The molecule has 0 amide bonds. The molecule has 0 heterocycles. The highest BCUT2D eigenvalue weighted by Crippen LogP contribution is 2.15. The third kappa shape index (κ3) is 3.86. The summed E-state index contributed by atoms with van der Waals surface area (Å²) in [5.74, 6) is 0. The van der Waals surface area contributed by atoms with E-state index in [2.05, 4.69) is 12.2 Å². The molecule has 70 valence electrons. The van der Waals surface area contributed by atoms with Gasteiger partial charge < -0.3 is 4.74 Å². The summed E-state index contributed by atoms with van der Waals surface area (Å²) in [6.45, 7) is -0.0826. The van der Waals surface area contributed by atoms with E-state index in [1.807, 2.05) is 0 Å². The van der Waals surface area contributed by atoms with Crippen LogP contribution in [0.5, 0.6) is 0 Å². The van der Waals surface area contributed by atoms with Crippen LogP contribution in [-0.4, -0.2) is 19.4 Å². The normalized spacial score (nSPS) is 24.9. The Morgan fingerprint density at radius 1 is 1.25 bits per heavy atom. The third-order valence-corrected chi connectivity index (χ3v) is 2.15. The van der Waals surface area contributed by atoms with E-state index in [9.17, 15) is 4.39 Å². The maximum absolute atomic E-state index is 11.8. The first-order chi connectivity index (χ1) is 5.93. The number of rotatable bonds is 3. The zero-order chi connectivity index (χ0) is 8.65. The fraction of sp³-hybridized carbons (Fsp3) is 0.800. The summed E-state index contributed by atoms with van der Waals surface area (Å²) >= 11 is 0. The van der Waals surface area contributed by atoms with E-state index in [0.717, 1.165) is 25.7 Å². The van der Waals surface area contributed by atoms with E-state index in [1.165, 1.54) is 6.42 Å². The average Bonchev–Trinajstić information content (AvgIpc) is 2.02. The molecule has 0 N–H and O–H groups in total. The Labute approximate surface area is 73.6 Å². The molecule has 1 nitrogen and oxygen atoms in total. The van der Waals surface area contributed by atoms with Gasteiger partial charge in [-0.3, -0.25) is 0 Å². The maximum atomic E-state index is 11.8. The summed E-state index contributed by atoms with van der Waals surface area (Å²) in [5, 5.41) is 0. The predicted molar refractivity (Wildman–Crippen MR) is 47.9 cm³/mol. The summed E-state index contributed by atoms with van der Waals surface area (Å²) in [5.41, 5.74) is 0. The van der Waals surface area contributed by atoms with Crippen molar-refractivity contribution in [3.05, 3.63) is 12.2 Å². The van der Waals surface area contributed by atoms with Gasteiger partial charge in [0.2, 0.25) is 0 Å². The molecule has 0 fully saturated rings. The molecule has 1 atom stereocenters. The van der Waals surface area contributed by atoms with Gasteiger partial charge in [0, 0.05) is 0 Å². The van der Waals surface area contributed by atoms with E-state index in [0.29, 0.717) is 6.10 Å². The van der Waals surface area contributed by atoms with Crippen LogP contribution in [0.4, 0.5) is 4.39 Å². The molecule has 0 unspecified atom stereocenters. The quantitative estimate of drug-likeness (QED) is 0.595. The van der Waals surface area contributed by atoms with Crippen LogP contribution in [0.2, 0.25) is 0 Å². The molecule has 2 heteroatoms. The minimum Gasteiger partial charge on any atom is -0.375 e.